The van der Waals surface area contributed by atoms with Crippen LogP contribution in [0.3, 0.4) is 0 Å². The third-order valence-corrected chi connectivity index (χ3v) is 5.11. The summed E-state index contributed by atoms with van der Waals surface area (Å²) in [4.78, 5) is 19.1. The molecule has 0 aliphatic heterocycles. The highest BCUT2D eigenvalue weighted by atomic mass is 35.5. The Morgan fingerprint density at radius 1 is 1.33 bits per heavy atom. The molecule has 1 aliphatic rings. The van der Waals surface area contributed by atoms with Crippen molar-refractivity contribution in [2.75, 3.05) is 7.05 Å². The minimum Gasteiger partial charge on any atom is -0.332 e. The molecular formula is C24H37ClN4O. The topological polar surface area (TPSA) is 58.8 Å². The van der Waals surface area contributed by atoms with Crippen LogP contribution >= 0.6 is 11.6 Å². The Hall–Kier alpha value is -2.14. The Balaban J connectivity index is 0.000000277. The number of imidazole rings is 1. The van der Waals surface area contributed by atoms with E-state index in [1.807, 2.05) is 49.7 Å². The van der Waals surface area contributed by atoms with Gasteiger partial charge in [-0.2, -0.15) is 0 Å². The number of nitrogens with one attached hydrogen (secondary N) is 1. The molecule has 3 rings (SSSR count). The zero-order chi connectivity index (χ0) is 22.5. The first-order chi connectivity index (χ1) is 14.5. The van der Waals surface area contributed by atoms with Crippen LogP contribution in [0.1, 0.15) is 78.3 Å². The molecule has 0 bridgehead atoms. The maximum atomic E-state index is 10.4. The first-order valence-corrected chi connectivity index (χ1v) is 11.4. The second-order valence-electron chi connectivity index (χ2n) is 7.19. The van der Waals surface area contributed by atoms with E-state index < -0.39 is 0 Å². The van der Waals surface area contributed by atoms with Crippen molar-refractivity contribution in [1.29, 1.82) is 0 Å². The summed E-state index contributed by atoms with van der Waals surface area (Å²) in [5.74, 6) is 1.15. The highest BCUT2D eigenvalue weighted by molar-refractivity contribution is 6.30. The number of carbonyl (C=O) groups is 1. The summed E-state index contributed by atoms with van der Waals surface area (Å²) in [6.45, 7) is 10.4. The molecular weight excluding hydrogens is 396 g/mol. The standard InChI is InChI=1S/C11H13ClN2.C11H18N2O.C2H6/c1-3-8(2)10-7-14-6-9(12)4-5-11(14)13-10;1-3-4-10(13-8-14)7-11(12-2)9-5-6-9;1-2/h4-8H,3H2,1-2H3;7-9H,3-6H2,1-2H3,(H,13,14);1-2H3/b;10-7+,12-11?;. The number of carbonyl (C=O) groups excluding carboxylic acids is 1. The number of halogens is 1. The first kappa shape index (κ1) is 25.9. The first-order valence-electron chi connectivity index (χ1n) is 11.0. The van der Waals surface area contributed by atoms with Crippen molar-refractivity contribution in [3.8, 4) is 0 Å². The molecule has 1 aliphatic carbocycles. The van der Waals surface area contributed by atoms with Crippen LogP contribution < -0.4 is 5.32 Å². The number of aromatic nitrogens is 2. The van der Waals surface area contributed by atoms with Gasteiger partial charge in [0.15, 0.2) is 0 Å². The van der Waals surface area contributed by atoms with E-state index in [1.54, 1.807) is 0 Å². The maximum Gasteiger partial charge on any atom is 0.211 e. The van der Waals surface area contributed by atoms with Crippen LogP contribution in [0.2, 0.25) is 5.02 Å². The molecule has 1 N–H and O–H groups in total. The summed E-state index contributed by atoms with van der Waals surface area (Å²) >= 11 is 5.89. The maximum absolute atomic E-state index is 10.4. The highest BCUT2D eigenvalue weighted by Gasteiger charge is 2.25. The van der Waals surface area contributed by atoms with Crippen molar-refractivity contribution in [2.24, 2.45) is 10.9 Å². The van der Waals surface area contributed by atoms with Crippen molar-refractivity contribution in [1.82, 2.24) is 14.7 Å². The summed E-state index contributed by atoms with van der Waals surface area (Å²) < 4.78 is 1.98. The number of fused-ring (bicyclic) bond motifs is 1. The van der Waals surface area contributed by atoms with Crippen molar-refractivity contribution in [3.63, 3.8) is 0 Å². The lowest BCUT2D eigenvalue weighted by Crippen LogP contribution is -2.12. The Kier molecular flexibility index (Phi) is 12.1. The number of hydrogen-bond acceptors (Lipinski definition) is 3. The predicted molar refractivity (Wildman–Crippen MR) is 129 cm³/mol. The number of allylic oxidation sites excluding steroid dienone is 2. The molecule has 1 saturated carbocycles. The molecule has 0 spiro atoms. The largest absolute Gasteiger partial charge is 0.332 e. The molecule has 2 aromatic heterocycles. The number of hydrogen-bond donors (Lipinski definition) is 1. The summed E-state index contributed by atoms with van der Waals surface area (Å²) in [6, 6.07) is 3.80. The summed E-state index contributed by atoms with van der Waals surface area (Å²) in [5.41, 5.74) is 4.21. The third kappa shape index (κ3) is 8.31. The molecule has 2 heterocycles. The zero-order valence-corrected chi connectivity index (χ0v) is 20.0. The Labute approximate surface area is 186 Å². The van der Waals surface area contributed by atoms with Crippen LogP contribution in [0.15, 0.2) is 41.3 Å². The van der Waals surface area contributed by atoms with Crippen LogP contribution in [0, 0.1) is 5.92 Å². The molecule has 166 valence electrons. The summed E-state index contributed by atoms with van der Waals surface area (Å²) in [7, 11) is 1.81. The molecule has 6 heteroatoms. The van der Waals surface area contributed by atoms with Gasteiger partial charge in [-0.3, -0.25) is 9.79 Å². The van der Waals surface area contributed by atoms with Crippen molar-refractivity contribution < 1.29 is 4.79 Å². The average Bonchev–Trinajstić information content (AvgIpc) is 3.52. The van der Waals surface area contributed by atoms with Crippen LogP contribution in [0.4, 0.5) is 0 Å². The van der Waals surface area contributed by atoms with Crippen LogP contribution in [-0.2, 0) is 4.79 Å². The van der Waals surface area contributed by atoms with E-state index in [2.05, 4.69) is 42.3 Å². The van der Waals surface area contributed by atoms with Crippen molar-refractivity contribution in [2.45, 2.75) is 72.6 Å². The molecule has 5 nitrogen and oxygen atoms in total. The fraction of sp³-hybridized carbons (Fsp3) is 0.542. The van der Waals surface area contributed by atoms with Gasteiger partial charge in [-0.25, -0.2) is 4.98 Å². The van der Waals surface area contributed by atoms with E-state index in [0.717, 1.165) is 53.4 Å². The Morgan fingerprint density at radius 3 is 2.57 bits per heavy atom. The lowest BCUT2D eigenvalue weighted by atomic mass is 10.1. The lowest BCUT2D eigenvalue weighted by molar-refractivity contribution is -0.109. The van der Waals surface area contributed by atoms with E-state index in [1.165, 1.54) is 12.8 Å². The SMILES string of the molecule is CC.CCC(C)c1cn2cc(Cl)ccc2n1.CCC/C(=C\C(=NC)C1CC1)NC=O. The minimum atomic E-state index is 0.508. The lowest BCUT2D eigenvalue weighted by Gasteiger charge is -2.05. The molecule has 2 aromatic rings. The number of nitrogens with zero attached hydrogens (tertiary/aromatic N) is 3. The van der Waals surface area contributed by atoms with Crippen LogP contribution in [0.25, 0.3) is 5.65 Å². The number of rotatable bonds is 8. The molecule has 0 aromatic carbocycles. The Morgan fingerprint density at radius 2 is 2.03 bits per heavy atom. The number of aliphatic imine (C=N–C) groups is 1. The highest BCUT2D eigenvalue weighted by Crippen LogP contribution is 2.31. The van der Waals surface area contributed by atoms with Crippen LogP contribution in [-0.4, -0.2) is 28.6 Å². The van der Waals surface area contributed by atoms with Gasteiger partial charge in [-0.05, 0) is 49.8 Å². The summed E-state index contributed by atoms with van der Waals surface area (Å²) in [6.07, 6.45) is 12.2. The molecule has 1 amide bonds. The Bertz CT molecular complexity index is 837. The number of pyridine rings is 1. The van der Waals surface area contributed by atoms with Gasteiger partial charge in [0, 0.05) is 36.8 Å². The van der Waals surface area contributed by atoms with Gasteiger partial charge >= 0.3 is 0 Å². The zero-order valence-electron chi connectivity index (χ0n) is 19.3. The van der Waals surface area contributed by atoms with Crippen molar-refractivity contribution >= 4 is 29.4 Å². The second kappa shape index (κ2) is 14.0. The third-order valence-electron chi connectivity index (χ3n) is 4.89. The predicted octanol–water partition coefficient (Wildman–Crippen LogP) is 6.42. The van der Waals surface area contributed by atoms with E-state index >= 15 is 0 Å². The van der Waals surface area contributed by atoms with E-state index in [4.69, 9.17) is 11.6 Å². The normalized spacial score (nSPS) is 14.9. The molecule has 30 heavy (non-hydrogen) atoms. The fourth-order valence-electron chi connectivity index (χ4n) is 2.88. The molecule has 0 saturated heterocycles. The fourth-order valence-corrected chi connectivity index (χ4v) is 3.05. The monoisotopic (exact) mass is 432 g/mol. The molecule has 1 unspecified atom stereocenters. The van der Waals surface area contributed by atoms with Gasteiger partial charge < -0.3 is 9.72 Å². The quantitative estimate of drug-likeness (QED) is 0.386. The average molecular weight is 433 g/mol. The van der Waals surface area contributed by atoms with E-state index in [9.17, 15) is 4.79 Å². The van der Waals surface area contributed by atoms with Gasteiger partial charge in [-0.15, -0.1) is 0 Å². The summed E-state index contributed by atoms with van der Waals surface area (Å²) in [5, 5.41) is 3.47. The smallest absolute Gasteiger partial charge is 0.211 e. The van der Waals surface area contributed by atoms with E-state index in [-0.39, 0.29) is 0 Å². The van der Waals surface area contributed by atoms with Gasteiger partial charge in [0.1, 0.15) is 5.65 Å². The molecule has 0 radical (unpaired) electrons. The van der Waals surface area contributed by atoms with Gasteiger partial charge in [-0.1, -0.05) is 52.6 Å². The molecule has 1 atom stereocenters. The number of amides is 1. The van der Waals surface area contributed by atoms with Gasteiger partial charge in [0.25, 0.3) is 0 Å². The molecule has 1 fully saturated rings. The van der Waals surface area contributed by atoms with E-state index in [0.29, 0.717) is 11.8 Å². The minimum absolute atomic E-state index is 0.508. The van der Waals surface area contributed by atoms with Crippen LogP contribution in [0.5, 0.6) is 0 Å². The second-order valence-corrected chi connectivity index (χ2v) is 7.63. The van der Waals surface area contributed by atoms with Gasteiger partial charge in [0.05, 0.1) is 10.7 Å². The van der Waals surface area contributed by atoms with Crippen molar-refractivity contribution in [3.05, 3.63) is 47.0 Å². The van der Waals surface area contributed by atoms with Gasteiger partial charge in [0.2, 0.25) is 6.41 Å².